The molecule has 0 aliphatic rings. The van der Waals surface area contributed by atoms with E-state index in [-0.39, 0.29) is 11.3 Å². The molecule has 0 aromatic heterocycles. The van der Waals surface area contributed by atoms with Crippen molar-refractivity contribution in [3.05, 3.63) is 35.9 Å². The Bertz CT molecular complexity index is 560. The number of aromatic carboxylic acids is 1. The highest BCUT2D eigenvalue weighted by Gasteiger charge is 2.12. The Morgan fingerprint density at radius 2 is 1.94 bits per heavy atom. The van der Waals surface area contributed by atoms with E-state index in [2.05, 4.69) is 0 Å². The van der Waals surface area contributed by atoms with Gasteiger partial charge in [-0.25, -0.2) is 4.79 Å². The van der Waals surface area contributed by atoms with Crippen molar-refractivity contribution >= 4 is 16.7 Å². The molecule has 0 aliphatic carbocycles. The van der Waals surface area contributed by atoms with Crippen LogP contribution in [-0.4, -0.2) is 23.3 Å². The zero-order valence-electron chi connectivity index (χ0n) is 8.60. The summed E-state index contributed by atoms with van der Waals surface area (Å²) in [7, 11) is 1.45. The second-order valence-corrected chi connectivity index (χ2v) is 3.32. The third kappa shape index (κ3) is 1.44. The molecule has 0 atom stereocenters. The molecule has 0 saturated carbocycles. The number of carboxylic acids is 1. The van der Waals surface area contributed by atoms with Gasteiger partial charge in [-0.05, 0) is 18.2 Å². The Morgan fingerprint density at radius 3 is 2.56 bits per heavy atom. The van der Waals surface area contributed by atoms with E-state index in [1.165, 1.54) is 13.2 Å². The van der Waals surface area contributed by atoms with Gasteiger partial charge in [-0.2, -0.15) is 0 Å². The SMILES string of the molecule is COc1ccc2c(C(=O)O)cccc2c1O. The summed E-state index contributed by atoms with van der Waals surface area (Å²) in [6.45, 7) is 0. The van der Waals surface area contributed by atoms with E-state index >= 15 is 0 Å². The summed E-state index contributed by atoms with van der Waals surface area (Å²) >= 11 is 0. The average molecular weight is 218 g/mol. The molecule has 0 amide bonds. The number of phenols is 1. The highest BCUT2D eigenvalue weighted by Crippen LogP contribution is 2.35. The summed E-state index contributed by atoms with van der Waals surface area (Å²) in [5.41, 5.74) is 0.162. The maximum Gasteiger partial charge on any atom is 0.336 e. The minimum Gasteiger partial charge on any atom is -0.504 e. The molecule has 2 N–H and O–H groups in total. The van der Waals surface area contributed by atoms with Crippen molar-refractivity contribution in [2.24, 2.45) is 0 Å². The first-order valence-corrected chi connectivity index (χ1v) is 4.67. The quantitative estimate of drug-likeness (QED) is 0.811. The molecular weight excluding hydrogens is 208 g/mol. The van der Waals surface area contributed by atoms with E-state index in [0.29, 0.717) is 16.5 Å². The summed E-state index contributed by atoms with van der Waals surface area (Å²) in [4.78, 5) is 11.0. The van der Waals surface area contributed by atoms with Crippen molar-refractivity contribution in [1.82, 2.24) is 0 Å². The second kappa shape index (κ2) is 3.73. The predicted molar refractivity (Wildman–Crippen MR) is 59.1 cm³/mol. The van der Waals surface area contributed by atoms with E-state index in [4.69, 9.17) is 9.84 Å². The number of hydrogen-bond acceptors (Lipinski definition) is 3. The molecule has 0 bridgehead atoms. The molecule has 82 valence electrons. The first-order chi connectivity index (χ1) is 7.65. The highest BCUT2D eigenvalue weighted by molar-refractivity contribution is 6.05. The number of ether oxygens (including phenoxy) is 1. The summed E-state index contributed by atoms with van der Waals surface area (Å²) in [6, 6.07) is 7.91. The van der Waals surface area contributed by atoms with Gasteiger partial charge in [-0.1, -0.05) is 12.1 Å². The Hall–Kier alpha value is -2.23. The minimum atomic E-state index is -1.02. The summed E-state index contributed by atoms with van der Waals surface area (Å²) < 4.78 is 4.96. The molecule has 0 saturated heterocycles. The molecule has 2 aromatic rings. The van der Waals surface area contributed by atoms with Gasteiger partial charge in [0.25, 0.3) is 0 Å². The fourth-order valence-electron chi connectivity index (χ4n) is 1.67. The minimum absolute atomic E-state index is 0.0388. The molecule has 0 fully saturated rings. The van der Waals surface area contributed by atoms with E-state index < -0.39 is 5.97 Å². The van der Waals surface area contributed by atoms with Crippen molar-refractivity contribution in [3.63, 3.8) is 0 Å². The van der Waals surface area contributed by atoms with Crippen LogP contribution >= 0.6 is 0 Å². The molecule has 2 aromatic carbocycles. The van der Waals surface area contributed by atoms with Crippen LogP contribution < -0.4 is 4.74 Å². The molecule has 0 unspecified atom stereocenters. The molecule has 0 aliphatic heterocycles. The Morgan fingerprint density at radius 1 is 1.19 bits per heavy atom. The van der Waals surface area contributed by atoms with Crippen LogP contribution in [0, 0.1) is 0 Å². The predicted octanol–water partition coefficient (Wildman–Crippen LogP) is 2.25. The largest absolute Gasteiger partial charge is 0.504 e. The van der Waals surface area contributed by atoms with Crippen molar-refractivity contribution < 1.29 is 19.7 Å². The lowest BCUT2D eigenvalue weighted by Crippen LogP contribution is -1.97. The third-order valence-electron chi connectivity index (χ3n) is 2.45. The van der Waals surface area contributed by atoms with Gasteiger partial charge in [0.15, 0.2) is 11.5 Å². The topological polar surface area (TPSA) is 66.8 Å². The van der Waals surface area contributed by atoms with Crippen LogP contribution in [0.3, 0.4) is 0 Å². The Kier molecular flexibility index (Phi) is 2.40. The van der Waals surface area contributed by atoms with Gasteiger partial charge in [0.05, 0.1) is 12.7 Å². The number of aromatic hydroxyl groups is 1. The lowest BCUT2D eigenvalue weighted by molar-refractivity contribution is 0.0699. The molecule has 0 heterocycles. The number of fused-ring (bicyclic) bond motifs is 1. The van der Waals surface area contributed by atoms with Gasteiger partial charge in [0.1, 0.15) is 0 Å². The fraction of sp³-hybridized carbons (Fsp3) is 0.0833. The van der Waals surface area contributed by atoms with Crippen molar-refractivity contribution in [2.75, 3.05) is 7.11 Å². The number of hydrogen-bond donors (Lipinski definition) is 2. The number of methoxy groups -OCH3 is 1. The molecule has 0 spiro atoms. The van der Waals surface area contributed by atoms with Crippen LogP contribution in [0.1, 0.15) is 10.4 Å². The molecule has 16 heavy (non-hydrogen) atoms. The monoisotopic (exact) mass is 218 g/mol. The van der Waals surface area contributed by atoms with Crippen molar-refractivity contribution in [1.29, 1.82) is 0 Å². The van der Waals surface area contributed by atoms with Crippen LogP contribution in [0.5, 0.6) is 11.5 Å². The van der Waals surface area contributed by atoms with Gasteiger partial charge in [0.2, 0.25) is 0 Å². The number of benzene rings is 2. The standard InChI is InChI=1S/C12H10O4/c1-16-10-6-5-7-8(11(10)13)3-2-4-9(7)12(14)15/h2-6,13H,1H3,(H,14,15). The Balaban J connectivity index is 2.82. The number of rotatable bonds is 2. The van der Waals surface area contributed by atoms with Crippen LogP contribution in [0.15, 0.2) is 30.3 Å². The van der Waals surface area contributed by atoms with Crippen LogP contribution in [0.2, 0.25) is 0 Å². The van der Waals surface area contributed by atoms with Gasteiger partial charge in [-0.3, -0.25) is 0 Å². The summed E-state index contributed by atoms with van der Waals surface area (Å²) in [5.74, 6) is -0.728. The van der Waals surface area contributed by atoms with Gasteiger partial charge >= 0.3 is 5.97 Å². The first kappa shape index (κ1) is 10.3. The van der Waals surface area contributed by atoms with Crippen LogP contribution in [0.25, 0.3) is 10.8 Å². The Labute approximate surface area is 91.7 Å². The number of phenolic OH excluding ortho intramolecular Hbond substituents is 1. The maximum atomic E-state index is 11.0. The number of carbonyl (C=O) groups is 1. The third-order valence-corrected chi connectivity index (χ3v) is 2.45. The van der Waals surface area contributed by atoms with Crippen molar-refractivity contribution in [3.8, 4) is 11.5 Å². The lowest BCUT2D eigenvalue weighted by Gasteiger charge is -2.08. The van der Waals surface area contributed by atoms with Gasteiger partial charge in [-0.15, -0.1) is 0 Å². The van der Waals surface area contributed by atoms with E-state index in [1.807, 2.05) is 0 Å². The highest BCUT2D eigenvalue weighted by atomic mass is 16.5. The zero-order chi connectivity index (χ0) is 11.7. The fourth-order valence-corrected chi connectivity index (χ4v) is 1.67. The van der Waals surface area contributed by atoms with Gasteiger partial charge < -0.3 is 14.9 Å². The molecule has 0 radical (unpaired) electrons. The average Bonchev–Trinajstić information content (AvgIpc) is 2.29. The maximum absolute atomic E-state index is 11.0. The summed E-state index contributed by atoms with van der Waals surface area (Å²) in [5, 5.41) is 19.8. The zero-order valence-corrected chi connectivity index (χ0v) is 8.60. The van der Waals surface area contributed by atoms with E-state index in [1.54, 1.807) is 24.3 Å². The summed E-state index contributed by atoms with van der Waals surface area (Å²) in [6.07, 6.45) is 0. The normalized spacial score (nSPS) is 10.3. The first-order valence-electron chi connectivity index (χ1n) is 4.67. The molecule has 4 heteroatoms. The van der Waals surface area contributed by atoms with Gasteiger partial charge in [0, 0.05) is 10.8 Å². The molecule has 2 rings (SSSR count). The van der Waals surface area contributed by atoms with Crippen LogP contribution in [-0.2, 0) is 0 Å². The van der Waals surface area contributed by atoms with Crippen LogP contribution in [0.4, 0.5) is 0 Å². The second-order valence-electron chi connectivity index (χ2n) is 3.32. The van der Waals surface area contributed by atoms with Crippen molar-refractivity contribution in [2.45, 2.75) is 0 Å². The molecular formula is C12H10O4. The smallest absolute Gasteiger partial charge is 0.336 e. The van der Waals surface area contributed by atoms with E-state index in [9.17, 15) is 9.90 Å². The lowest BCUT2D eigenvalue weighted by atomic mass is 10.0. The number of carboxylic acid groups (broad SMARTS) is 1. The molecule has 4 nitrogen and oxygen atoms in total. The van der Waals surface area contributed by atoms with E-state index in [0.717, 1.165) is 0 Å².